The third kappa shape index (κ3) is 3.23. The van der Waals surface area contributed by atoms with Gasteiger partial charge in [0.05, 0.1) is 16.7 Å². The molecule has 0 atom stereocenters. The van der Waals surface area contributed by atoms with E-state index in [1.807, 2.05) is 6.07 Å². The molecule has 2 aromatic rings. The summed E-state index contributed by atoms with van der Waals surface area (Å²) in [4.78, 5) is -0.0897. The first-order valence-corrected chi connectivity index (χ1v) is 7.64. The third-order valence-electron chi connectivity index (χ3n) is 2.45. The van der Waals surface area contributed by atoms with E-state index < -0.39 is 10.0 Å². The van der Waals surface area contributed by atoms with Gasteiger partial charge in [-0.1, -0.05) is 23.2 Å². The Balaban J connectivity index is 2.36. The van der Waals surface area contributed by atoms with Crippen LogP contribution in [0.4, 0.5) is 5.69 Å². The standard InChI is InChI=1S/C13H8Cl2N2O2S/c14-10-2-4-11(5-3-10)17-20(18,19)13-6-1-9(8-16)7-12(13)15/h1-7,17H. The molecular weight excluding hydrogens is 319 g/mol. The Hall–Kier alpha value is -1.74. The van der Waals surface area contributed by atoms with Gasteiger partial charge in [0, 0.05) is 10.7 Å². The zero-order chi connectivity index (χ0) is 14.8. The molecular formula is C13H8Cl2N2O2S. The number of anilines is 1. The Morgan fingerprint density at radius 3 is 2.25 bits per heavy atom. The van der Waals surface area contributed by atoms with Gasteiger partial charge in [-0.25, -0.2) is 8.42 Å². The van der Waals surface area contributed by atoms with Crippen LogP contribution < -0.4 is 4.72 Å². The van der Waals surface area contributed by atoms with Gasteiger partial charge in [0.1, 0.15) is 4.90 Å². The molecule has 2 aromatic carbocycles. The van der Waals surface area contributed by atoms with Crippen LogP contribution in [0.15, 0.2) is 47.4 Å². The highest BCUT2D eigenvalue weighted by atomic mass is 35.5. The van der Waals surface area contributed by atoms with E-state index in [2.05, 4.69) is 4.72 Å². The summed E-state index contributed by atoms with van der Waals surface area (Å²) in [6.07, 6.45) is 0. The van der Waals surface area contributed by atoms with Crippen molar-refractivity contribution < 1.29 is 8.42 Å². The van der Waals surface area contributed by atoms with Crippen LogP contribution in [0.25, 0.3) is 0 Å². The minimum absolute atomic E-state index is 0.00878. The second-order valence-electron chi connectivity index (χ2n) is 3.87. The molecule has 0 fully saturated rings. The highest BCUT2D eigenvalue weighted by Crippen LogP contribution is 2.25. The fourth-order valence-corrected chi connectivity index (χ4v) is 3.25. The lowest BCUT2D eigenvalue weighted by molar-refractivity contribution is 0.601. The lowest BCUT2D eigenvalue weighted by atomic mass is 10.2. The predicted molar refractivity (Wildman–Crippen MR) is 78.4 cm³/mol. The number of nitrogens with one attached hydrogen (secondary N) is 1. The number of hydrogen-bond acceptors (Lipinski definition) is 3. The summed E-state index contributed by atoms with van der Waals surface area (Å²) in [6, 6.07) is 12.1. The minimum atomic E-state index is -3.82. The van der Waals surface area contributed by atoms with Gasteiger partial charge in [0.25, 0.3) is 10.0 Å². The lowest BCUT2D eigenvalue weighted by Gasteiger charge is -2.09. The molecule has 2 rings (SSSR count). The van der Waals surface area contributed by atoms with Crippen LogP contribution in [0.1, 0.15) is 5.56 Å². The van der Waals surface area contributed by atoms with Crippen molar-refractivity contribution in [3.05, 3.63) is 58.1 Å². The quantitative estimate of drug-likeness (QED) is 0.935. The van der Waals surface area contributed by atoms with E-state index in [0.29, 0.717) is 16.3 Å². The molecule has 1 N–H and O–H groups in total. The molecule has 0 bridgehead atoms. The summed E-state index contributed by atoms with van der Waals surface area (Å²) in [6.45, 7) is 0. The first-order chi connectivity index (χ1) is 9.42. The maximum absolute atomic E-state index is 12.2. The molecule has 0 unspecified atom stereocenters. The molecule has 0 radical (unpaired) electrons. The van der Waals surface area contributed by atoms with Gasteiger partial charge in [-0.2, -0.15) is 5.26 Å². The smallest absolute Gasteiger partial charge is 0.263 e. The summed E-state index contributed by atoms with van der Waals surface area (Å²) in [5.41, 5.74) is 0.662. The van der Waals surface area contributed by atoms with E-state index in [9.17, 15) is 8.42 Å². The fourth-order valence-electron chi connectivity index (χ4n) is 1.52. The molecule has 7 heteroatoms. The number of halogens is 2. The maximum Gasteiger partial charge on any atom is 0.263 e. The molecule has 0 heterocycles. The molecule has 102 valence electrons. The van der Waals surface area contributed by atoms with Crippen molar-refractivity contribution in [1.82, 2.24) is 0 Å². The van der Waals surface area contributed by atoms with E-state index in [-0.39, 0.29) is 9.92 Å². The van der Waals surface area contributed by atoms with E-state index >= 15 is 0 Å². The molecule has 0 saturated carbocycles. The van der Waals surface area contributed by atoms with Crippen LogP contribution in [-0.4, -0.2) is 8.42 Å². The molecule has 20 heavy (non-hydrogen) atoms. The molecule has 0 saturated heterocycles. The summed E-state index contributed by atoms with van der Waals surface area (Å²) in [7, 11) is -3.82. The number of rotatable bonds is 3. The number of benzene rings is 2. The Bertz CT molecular complexity index is 781. The number of hydrogen-bond donors (Lipinski definition) is 1. The SMILES string of the molecule is N#Cc1ccc(S(=O)(=O)Nc2ccc(Cl)cc2)c(Cl)c1. The predicted octanol–water partition coefficient (Wildman–Crippen LogP) is 3.67. The van der Waals surface area contributed by atoms with Crippen LogP contribution in [0, 0.1) is 11.3 Å². The summed E-state index contributed by atoms with van der Waals surface area (Å²) >= 11 is 11.6. The molecule has 0 amide bonds. The van der Waals surface area contributed by atoms with E-state index in [1.54, 1.807) is 12.1 Å². The van der Waals surface area contributed by atoms with Crippen LogP contribution >= 0.6 is 23.2 Å². The van der Waals surface area contributed by atoms with Crippen molar-refractivity contribution in [1.29, 1.82) is 5.26 Å². The van der Waals surface area contributed by atoms with Gasteiger partial charge in [-0.05, 0) is 42.5 Å². The van der Waals surface area contributed by atoms with Gasteiger partial charge in [0.15, 0.2) is 0 Å². The normalized spacial score (nSPS) is 10.8. The molecule has 0 aromatic heterocycles. The molecule has 0 aliphatic heterocycles. The van der Waals surface area contributed by atoms with Crippen LogP contribution in [0.3, 0.4) is 0 Å². The van der Waals surface area contributed by atoms with E-state index in [4.69, 9.17) is 28.5 Å². The van der Waals surface area contributed by atoms with Crippen molar-refractivity contribution in [2.75, 3.05) is 4.72 Å². The first-order valence-electron chi connectivity index (χ1n) is 5.40. The molecule has 0 aliphatic carbocycles. The van der Waals surface area contributed by atoms with Gasteiger partial charge in [0.2, 0.25) is 0 Å². The Morgan fingerprint density at radius 1 is 1.05 bits per heavy atom. The van der Waals surface area contributed by atoms with Crippen molar-refractivity contribution in [3.63, 3.8) is 0 Å². The Morgan fingerprint density at radius 2 is 1.70 bits per heavy atom. The lowest BCUT2D eigenvalue weighted by Crippen LogP contribution is -2.13. The zero-order valence-corrected chi connectivity index (χ0v) is 12.3. The van der Waals surface area contributed by atoms with Gasteiger partial charge in [-0.3, -0.25) is 4.72 Å². The van der Waals surface area contributed by atoms with Gasteiger partial charge in [-0.15, -0.1) is 0 Å². The maximum atomic E-state index is 12.2. The topological polar surface area (TPSA) is 70.0 Å². The third-order valence-corrected chi connectivity index (χ3v) is 4.56. The number of sulfonamides is 1. The van der Waals surface area contributed by atoms with E-state index in [0.717, 1.165) is 0 Å². The van der Waals surface area contributed by atoms with Crippen LogP contribution in [0.5, 0.6) is 0 Å². The minimum Gasteiger partial charge on any atom is -0.280 e. The summed E-state index contributed by atoms with van der Waals surface area (Å²) in [5.74, 6) is 0. The second kappa shape index (κ2) is 5.71. The molecule has 0 aliphatic rings. The van der Waals surface area contributed by atoms with Crippen LogP contribution in [-0.2, 0) is 10.0 Å². The van der Waals surface area contributed by atoms with Crippen LogP contribution in [0.2, 0.25) is 10.0 Å². The number of nitriles is 1. The monoisotopic (exact) mass is 326 g/mol. The second-order valence-corrected chi connectivity index (χ2v) is 6.36. The molecule has 4 nitrogen and oxygen atoms in total. The van der Waals surface area contributed by atoms with Crippen molar-refractivity contribution in [3.8, 4) is 6.07 Å². The van der Waals surface area contributed by atoms with Crippen molar-refractivity contribution in [2.45, 2.75) is 4.90 Å². The summed E-state index contributed by atoms with van der Waals surface area (Å²) in [5, 5.41) is 9.23. The first kappa shape index (κ1) is 14.7. The highest BCUT2D eigenvalue weighted by molar-refractivity contribution is 7.92. The Kier molecular flexibility index (Phi) is 4.19. The summed E-state index contributed by atoms with van der Waals surface area (Å²) < 4.78 is 26.8. The zero-order valence-electron chi connectivity index (χ0n) is 9.97. The number of nitrogens with zero attached hydrogens (tertiary/aromatic N) is 1. The largest absolute Gasteiger partial charge is 0.280 e. The van der Waals surface area contributed by atoms with Gasteiger partial charge >= 0.3 is 0 Å². The average molecular weight is 327 g/mol. The van der Waals surface area contributed by atoms with Crippen molar-refractivity contribution in [2.24, 2.45) is 0 Å². The average Bonchev–Trinajstić information content (AvgIpc) is 2.40. The fraction of sp³-hybridized carbons (Fsp3) is 0. The van der Waals surface area contributed by atoms with Gasteiger partial charge < -0.3 is 0 Å². The van der Waals surface area contributed by atoms with E-state index in [1.165, 1.54) is 30.3 Å². The van der Waals surface area contributed by atoms with Crippen molar-refractivity contribution >= 4 is 38.9 Å². The highest BCUT2D eigenvalue weighted by Gasteiger charge is 2.18. The Labute approximate surface area is 126 Å². The molecule has 0 spiro atoms.